The second-order valence-electron chi connectivity index (χ2n) is 7.43. The molecule has 7 heteroatoms. The van der Waals surface area contributed by atoms with Gasteiger partial charge in [0.2, 0.25) is 5.79 Å². The Labute approximate surface area is 142 Å². The van der Waals surface area contributed by atoms with E-state index in [9.17, 15) is 5.11 Å². The molecular weight excluding hydrogens is 316 g/mol. The molecular formula is C17H28O7. The van der Waals surface area contributed by atoms with Gasteiger partial charge < -0.3 is 33.5 Å². The Balaban J connectivity index is 1.85. The van der Waals surface area contributed by atoms with Crippen molar-refractivity contribution in [2.24, 2.45) is 0 Å². The summed E-state index contributed by atoms with van der Waals surface area (Å²) in [5, 5.41) is 11.0. The van der Waals surface area contributed by atoms with Crippen LogP contribution in [0.3, 0.4) is 0 Å². The Kier molecular flexibility index (Phi) is 4.47. The van der Waals surface area contributed by atoms with E-state index < -0.39 is 23.5 Å². The fourth-order valence-electron chi connectivity index (χ4n) is 3.54. The van der Waals surface area contributed by atoms with E-state index >= 15 is 0 Å². The van der Waals surface area contributed by atoms with E-state index in [2.05, 4.69) is 6.58 Å². The fourth-order valence-corrected chi connectivity index (χ4v) is 3.54. The van der Waals surface area contributed by atoms with Crippen molar-refractivity contribution in [1.29, 1.82) is 0 Å². The van der Waals surface area contributed by atoms with Gasteiger partial charge in [-0.2, -0.15) is 0 Å². The van der Waals surface area contributed by atoms with E-state index in [0.29, 0.717) is 13.2 Å². The first-order valence-corrected chi connectivity index (χ1v) is 8.45. The van der Waals surface area contributed by atoms with Gasteiger partial charge in [-0.15, -0.1) is 0 Å². The predicted octanol–water partition coefficient (Wildman–Crippen LogP) is 1.69. The standard InChI is InChI=1S/C17H28O7/c1-7-19-10(2)17(18)8-11-13(23-16(5,6)21-11)14(24-17)12-9-20-15(3,4)22-12/h11-14,18H,2,7-9H2,1,3-6H3/t11-,12-,13-,14-,17-/m1/s1. The highest BCUT2D eigenvalue weighted by atomic mass is 16.8. The van der Waals surface area contributed by atoms with Crippen LogP contribution in [0.15, 0.2) is 12.3 Å². The van der Waals surface area contributed by atoms with Crippen LogP contribution in [0.4, 0.5) is 0 Å². The Hall–Kier alpha value is -0.700. The largest absolute Gasteiger partial charge is 0.493 e. The summed E-state index contributed by atoms with van der Waals surface area (Å²) in [5.74, 6) is -2.95. The van der Waals surface area contributed by atoms with Gasteiger partial charge in [0.15, 0.2) is 11.6 Å². The molecule has 3 saturated heterocycles. The Morgan fingerprint density at radius 3 is 2.25 bits per heavy atom. The van der Waals surface area contributed by atoms with Gasteiger partial charge in [-0.25, -0.2) is 0 Å². The summed E-state index contributed by atoms with van der Waals surface area (Å²) in [6, 6.07) is 0. The van der Waals surface area contributed by atoms with Crippen LogP contribution in [0.1, 0.15) is 41.0 Å². The van der Waals surface area contributed by atoms with Crippen molar-refractivity contribution in [2.75, 3.05) is 13.2 Å². The first-order valence-electron chi connectivity index (χ1n) is 8.45. The third kappa shape index (κ3) is 3.34. The van der Waals surface area contributed by atoms with Crippen molar-refractivity contribution >= 4 is 0 Å². The smallest absolute Gasteiger partial charge is 0.227 e. The molecule has 138 valence electrons. The van der Waals surface area contributed by atoms with Crippen molar-refractivity contribution < 1.29 is 33.5 Å². The minimum absolute atomic E-state index is 0.167. The SMILES string of the molecule is C=C(OCC)[C@@]1(O)C[C@H]2OC(C)(C)O[C@H]2[C@@H]([C@H]2COC(C)(C)O2)O1. The Bertz CT molecular complexity index is 503. The summed E-state index contributed by atoms with van der Waals surface area (Å²) in [5.41, 5.74) is 0. The molecule has 0 bridgehead atoms. The highest BCUT2D eigenvalue weighted by Gasteiger charge is 2.59. The second kappa shape index (κ2) is 5.93. The molecule has 0 amide bonds. The number of ether oxygens (including phenoxy) is 6. The summed E-state index contributed by atoms with van der Waals surface area (Å²) < 4.78 is 35.0. The summed E-state index contributed by atoms with van der Waals surface area (Å²) >= 11 is 0. The summed E-state index contributed by atoms with van der Waals surface area (Å²) in [7, 11) is 0. The molecule has 7 nitrogen and oxygen atoms in total. The maximum absolute atomic E-state index is 11.0. The van der Waals surface area contributed by atoms with Crippen molar-refractivity contribution in [3.05, 3.63) is 12.3 Å². The molecule has 0 aromatic heterocycles. The van der Waals surface area contributed by atoms with E-state index in [4.69, 9.17) is 28.4 Å². The zero-order valence-electron chi connectivity index (χ0n) is 15.0. The zero-order valence-corrected chi connectivity index (χ0v) is 15.0. The Morgan fingerprint density at radius 1 is 1.04 bits per heavy atom. The lowest BCUT2D eigenvalue weighted by Gasteiger charge is -2.43. The number of hydrogen-bond acceptors (Lipinski definition) is 7. The molecule has 0 aliphatic carbocycles. The van der Waals surface area contributed by atoms with Crippen LogP contribution in [0.5, 0.6) is 0 Å². The van der Waals surface area contributed by atoms with Gasteiger partial charge >= 0.3 is 0 Å². The summed E-state index contributed by atoms with van der Waals surface area (Å²) in [6.45, 7) is 13.7. The molecule has 0 radical (unpaired) electrons. The molecule has 3 aliphatic rings. The van der Waals surface area contributed by atoms with Gasteiger partial charge in [0.1, 0.15) is 24.1 Å². The molecule has 24 heavy (non-hydrogen) atoms. The molecule has 3 aliphatic heterocycles. The molecule has 0 aromatic carbocycles. The van der Waals surface area contributed by atoms with Gasteiger partial charge in [0.25, 0.3) is 0 Å². The molecule has 3 fully saturated rings. The number of rotatable bonds is 4. The predicted molar refractivity (Wildman–Crippen MR) is 83.9 cm³/mol. The van der Waals surface area contributed by atoms with Gasteiger partial charge in [-0.3, -0.25) is 0 Å². The van der Waals surface area contributed by atoms with Crippen LogP contribution in [-0.4, -0.2) is 60.1 Å². The molecule has 0 saturated carbocycles. The number of hydrogen-bond donors (Lipinski definition) is 1. The number of aliphatic hydroxyl groups is 1. The van der Waals surface area contributed by atoms with Crippen LogP contribution >= 0.6 is 0 Å². The monoisotopic (exact) mass is 344 g/mol. The lowest BCUT2D eigenvalue weighted by Crippen LogP contribution is -2.58. The molecule has 0 aromatic rings. The van der Waals surface area contributed by atoms with Crippen LogP contribution in [0.25, 0.3) is 0 Å². The van der Waals surface area contributed by atoms with E-state index in [-0.39, 0.29) is 30.5 Å². The lowest BCUT2D eigenvalue weighted by molar-refractivity contribution is -0.298. The minimum atomic E-state index is -1.65. The molecule has 0 spiro atoms. The van der Waals surface area contributed by atoms with Crippen molar-refractivity contribution in [3.8, 4) is 0 Å². The van der Waals surface area contributed by atoms with Crippen LogP contribution in [-0.2, 0) is 28.4 Å². The maximum atomic E-state index is 11.0. The van der Waals surface area contributed by atoms with Gasteiger partial charge in [-0.1, -0.05) is 6.58 Å². The molecule has 0 unspecified atom stereocenters. The first-order chi connectivity index (χ1) is 11.1. The molecule has 3 rings (SSSR count). The van der Waals surface area contributed by atoms with E-state index in [1.54, 1.807) is 0 Å². The van der Waals surface area contributed by atoms with Crippen molar-refractivity contribution in [3.63, 3.8) is 0 Å². The average Bonchev–Trinajstić information content (AvgIpc) is 2.96. The van der Waals surface area contributed by atoms with E-state index in [1.165, 1.54) is 0 Å². The highest BCUT2D eigenvalue weighted by Crippen LogP contribution is 2.45. The maximum Gasteiger partial charge on any atom is 0.227 e. The Morgan fingerprint density at radius 2 is 1.67 bits per heavy atom. The van der Waals surface area contributed by atoms with Crippen LogP contribution in [0, 0.1) is 0 Å². The number of fused-ring (bicyclic) bond motifs is 1. The summed E-state index contributed by atoms with van der Waals surface area (Å²) in [4.78, 5) is 0. The van der Waals surface area contributed by atoms with Gasteiger partial charge in [0, 0.05) is 6.42 Å². The fraction of sp³-hybridized carbons (Fsp3) is 0.882. The minimum Gasteiger partial charge on any atom is -0.493 e. The molecule has 3 heterocycles. The average molecular weight is 344 g/mol. The van der Waals surface area contributed by atoms with Gasteiger partial charge in [-0.05, 0) is 34.6 Å². The summed E-state index contributed by atoms with van der Waals surface area (Å²) in [6.07, 6.45) is -1.47. The van der Waals surface area contributed by atoms with Crippen LogP contribution in [0.2, 0.25) is 0 Å². The quantitative estimate of drug-likeness (QED) is 0.778. The third-order valence-corrected chi connectivity index (χ3v) is 4.51. The zero-order chi connectivity index (χ0) is 17.8. The van der Waals surface area contributed by atoms with Crippen molar-refractivity contribution in [1.82, 2.24) is 0 Å². The van der Waals surface area contributed by atoms with E-state index in [1.807, 2.05) is 34.6 Å². The van der Waals surface area contributed by atoms with E-state index in [0.717, 1.165) is 0 Å². The van der Waals surface area contributed by atoms with Crippen LogP contribution < -0.4 is 0 Å². The van der Waals surface area contributed by atoms with Crippen molar-refractivity contribution in [2.45, 2.75) is 82.8 Å². The van der Waals surface area contributed by atoms with Gasteiger partial charge in [0.05, 0.1) is 19.3 Å². The topological polar surface area (TPSA) is 75.6 Å². The third-order valence-electron chi connectivity index (χ3n) is 4.51. The molecule has 5 atom stereocenters. The second-order valence-corrected chi connectivity index (χ2v) is 7.43. The first kappa shape index (κ1) is 18.1. The normalized spacial score (nSPS) is 43.4. The highest BCUT2D eigenvalue weighted by molar-refractivity contribution is 5.09. The lowest BCUT2D eigenvalue weighted by atomic mass is 9.92. The molecule has 1 N–H and O–H groups in total.